The van der Waals surface area contributed by atoms with Gasteiger partial charge in [0.25, 0.3) is 0 Å². The molecule has 0 unspecified atom stereocenters. The van der Waals surface area contributed by atoms with E-state index in [1.807, 2.05) is 24.3 Å². The summed E-state index contributed by atoms with van der Waals surface area (Å²) in [7, 11) is 0. The van der Waals surface area contributed by atoms with Gasteiger partial charge >= 0.3 is 0 Å². The first-order valence-corrected chi connectivity index (χ1v) is 9.09. The van der Waals surface area contributed by atoms with Crippen LogP contribution in [-0.4, -0.2) is 22.6 Å². The number of carbonyl (C=O) groups is 1. The SMILES string of the molecule is CCc1ccc(N2C[C@H](c3noc(Cc4ccccc4F)n3)CC2=O)cc1. The van der Waals surface area contributed by atoms with E-state index < -0.39 is 0 Å². The number of benzene rings is 2. The fourth-order valence-electron chi connectivity index (χ4n) is 3.35. The molecule has 4 rings (SSSR count). The molecule has 1 fully saturated rings. The molecule has 2 aromatic carbocycles. The molecule has 0 saturated carbocycles. The number of anilines is 1. The summed E-state index contributed by atoms with van der Waals surface area (Å²) in [6.07, 6.45) is 1.54. The number of hydrogen-bond donors (Lipinski definition) is 0. The highest BCUT2D eigenvalue weighted by Gasteiger charge is 2.34. The fourth-order valence-corrected chi connectivity index (χ4v) is 3.35. The van der Waals surface area contributed by atoms with Crippen LogP contribution in [-0.2, 0) is 17.6 Å². The monoisotopic (exact) mass is 365 g/mol. The molecule has 3 aromatic rings. The summed E-state index contributed by atoms with van der Waals surface area (Å²) in [4.78, 5) is 18.6. The van der Waals surface area contributed by atoms with Gasteiger partial charge in [-0.15, -0.1) is 0 Å². The summed E-state index contributed by atoms with van der Waals surface area (Å²) >= 11 is 0. The van der Waals surface area contributed by atoms with Gasteiger partial charge in [-0.05, 0) is 35.7 Å². The van der Waals surface area contributed by atoms with E-state index in [2.05, 4.69) is 17.1 Å². The Morgan fingerprint density at radius 3 is 2.70 bits per heavy atom. The van der Waals surface area contributed by atoms with E-state index in [9.17, 15) is 9.18 Å². The van der Waals surface area contributed by atoms with Gasteiger partial charge in [0.1, 0.15) is 5.82 Å². The van der Waals surface area contributed by atoms with Gasteiger partial charge in [0.15, 0.2) is 5.82 Å². The van der Waals surface area contributed by atoms with Crippen molar-refractivity contribution >= 4 is 11.6 Å². The van der Waals surface area contributed by atoms with E-state index in [0.717, 1.165) is 12.1 Å². The molecule has 1 aliphatic heterocycles. The Balaban J connectivity index is 1.47. The highest BCUT2D eigenvalue weighted by molar-refractivity contribution is 5.96. The predicted octanol–water partition coefficient (Wildman–Crippen LogP) is 3.88. The molecule has 0 radical (unpaired) electrons. The van der Waals surface area contributed by atoms with Crippen molar-refractivity contribution in [1.82, 2.24) is 10.1 Å². The second-order valence-corrected chi connectivity index (χ2v) is 6.74. The van der Waals surface area contributed by atoms with Crippen molar-refractivity contribution in [2.24, 2.45) is 0 Å². The maximum absolute atomic E-state index is 13.8. The standard InChI is InChI=1S/C21H20FN3O2/c1-2-14-7-9-17(10-8-14)25-13-16(12-20(25)26)21-23-19(27-24-21)11-15-5-3-4-6-18(15)22/h3-10,16H,2,11-13H2,1H3/t16-/m1/s1. The molecule has 1 aliphatic rings. The largest absolute Gasteiger partial charge is 0.339 e. The normalized spacial score (nSPS) is 16.9. The lowest BCUT2D eigenvalue weighted by molar-refractivity contribution is -0.117. The first-order valence-electron chi connectivity index (χ1n) is 9.09. The molecular weight excluding hydrogens is 345 g/mol. The number of hydrogen-bond acceptors (Lipinski definition) is 4. The van der Waals surface area contributed by atoms with Crippen molar-refractivity contribution in [3.8, 4) is 0 Å². The van der Waals surface area contributed by atoms with Gasteiger partial charge in [-0.1, -0.05) is 42.4 Å². The minimum atomic E-state index is -0.296. The molecular formula is C21H20FN3O2. The van der Waals surface area contributed by atoms with Crippen LogP contribution in [0.15, 0.2) is 53.1 Å². The van der Waals surface area contributed by atoms with Gasteiger partial charge in [0.05, 0.1) is 6.42 Å². The van der Waals surface area contributed by atoms with Crippen molar-refractivity contribution in [1.29, 1.82) is 0 Å². The molecule has 27 heavy (non-hydrogen) atoms. The van der Waals surface area contributed by atoms with E-state index in [0.29, 0.717) is 30.2 Å². The molecule has 0 bridgehead atoms. The highest BCUT2D eigenvalue weighted by Crippen LogP contribution is 2.30. The summed E-state index contributed by atoms with van der Waals surface area (Å²) in [5.41, 5.74) is 2.63. The maximum atomic E-state index is 13.8. The lowest BCUT2D eigenvalue weighted by Crippen LogP contribution is -2.24. The number of amides is 1. The first kappa shape index (κ1) is 17.4. The molecule has 0 N–H and O–H groups in total. The van der Waals surface area contributed by atoms with Crippen LogP contribution in [0.2, 0.25) is 0 Å². The summed E-state index contributed by atoms with van der Waals surface area (Å²) < 4.78 is 19.1. The smallest absolute Gasteiger partial charge is 0.231 e. The molecule has 2 heterocycles. The van der Waals surface area contributed by atoms with Crippen LogP contribution in [0.25, 0.3) is 0 Å². The number of aromatic nitrogens is 2. The second-order valence-electron chi connectivity index (χ2n) is 6.74. The number of aryl methyl sites for hydroxylation is 1. The van der Waals surface area contributed by atoms with Crippen molar-refractivity contribution in [3.63, 3.8) is 0 Å². The van der Waals surface area contributed by atoms with Crippen LogP contribution < -0.4 is 4.90 Å². The quantitative estimate of drug-likeness (QED) is 0.688. The Morgan fingerprint density at radius 2 is 1.96 bits per heavy atom. The summed E-state index contributed by atoms with van der Waals surface area (Å²) in [6.45, 7) is 2.62. The van der Waals surface area contributed by atoms with Crippen molar-refractivity contribution in [2.45, 2.75) is 32.1 Å². The van der Waals surface area contributed by atoms with Crippen LogP contribution in [0.1, 0.15) is 42.1 Å². The van der Waals surface area contributed by atoms with Gasteiger partial charge in [0, 0.05) is 24.6 Å². The number of carbonyl (C=O) groups excluding carboxylic acids is 1. The van der Waals surface area contributed by atoms with Crippen LogP contribution in [0.5, 0.6) is 0 Å². The van der Waals surface area contributed by atoms with E-state index in [1.54, 1.807) is 23.1 Å². The molecule has 1 amide bonds. The average molecular weight is 365 g/mol. The number of halogens is 1. The van der Waals surface area contributed by atoms with Gasteiger partial charge in [-0.2, -0.15) is 4.98 Å². The molecule has 6 heteroatoms. The van der Waals surface area contributed by atoms with Crippen LogP contribution in [0.4, 0.5) is 10.1 Å². The summed E-state index contributed by atoms with van der Waals surface area (Å²) in [6, 6.07) is 14.5. The van der Waals surface area contributed by atoms with Crippen LogP contribution in [0, 0.1) is 5.82 Å². The molecule has 1 atom stereocenters. The zero-order valence-corrected chi connectivity index (χ0v) is 15.1. The minimum absolute atomic E-state index is 0.0460. The number of nitrogens with zero attached hydrogens (tertiary/aromatic N) is 3. The van der Waals surface area contributed by atoms with Crippen LogP contribution in [0.3, 0.4) is 0 Å². The van der Waals surface area contributed by atoms with Gasteiger partial charge in [-0.25, -0.2) is 4.39 Å². The Hall–Kier alpha value is -3.02. The molecule has 1 aromatic heterocycles. The lowest BCUT2D eigenvalue weighted by atomic mass is 10.1. The minimum Gasteiger partial charge on any atom is -0.339 e. The Morgan fingerprint density at radius 1 is 1.19 bits per heavy atom. The van der Waals surface area contributed by atoms with Gasteiger partial charge in [0.2, 0.25) is 11.8 Å². The van der Waals surface area contributed by atoms with E-state index in [4.69, 9.17) is 4.52 Å². The molecule has 0 aliphatic carbocycles. The molecule has 1 saturated heterocycles. The summed E-state index contributed by atoms with van der Waals surface area (Å²) in [5.74, 6) is 0.483. The fraction of sp³-hybridized carbons (Fsp3) is 0.286. The number of rotatable bonds is 5. The zero-order chi connectivity index (χ0) is 18.8. The summed E-state index contributed by atoms with van der Waals surface area (Å²) in [5, 5.41) is 4.03. The lowest BCUT2D eigenvalue weighted by Gasteiger charge is -2.16. The predicted molar refractivity (Wildman–Crippen MR) is 99.0 cm³/mol. The van der Waals surface area contributed by atoms with Crippen molar-refractivity contribution < 1.29 is 13.7 Å². The van der Waals surface area contributed by atoms with E-state index in [1.165, 1.54) is 11.6 Å². The molecule has 5 nitrogen and oxygen atoms in total. The Kier molecular flexibility index (Phi) is 4.71. The Bertz CT molecular complexity index is 952. The highest BCUT2D eigenvalue weighted by atomic mass is 19.1. The van der Waals surface area contributed by atoms with Crippen molar-refractivity contribution in [2.75, 3.05) is 11.4 Å². The van der Waals surface area contributed by atoms with Gasteiger partial charge in [-0.3, -0.25) is 4.79 Å². The van der Waals surface area contributed by atoms with E-state index >= 15 is 0 Å². The third-order valence-corrected chi connectivity index (χ3v) is 4.93. The van der Waals surface area contributed by atoms with Crippen LogP contribution >= 0.6 is 0 Å². The van der Waals surface area contributed by atoms with E-state index in [-0.39, 0.29) is 24.1 Å². The zero-order valence-electron chi connectivity index (χ0n) is 15.1. The third-order valence-electron chi connectivity index (χ3n) is 4.93. The van der Waals surface area contributed by atoms with Gasteiger partial charge < -0.3 is 9.42 Å². The first-order chi connectivity index (χ1) is 13.1. The second kappa shape index (κ2) is 7.31. The molecule has 138 valence electrons. The average Bonchev–Trinajstić information content (AvgIpc) is 3.30. The third kappa shape index (κ3) is 3.60. The van der Waals surface area contributed by atoms with Crippen molar-refractivity contribution in [3.05, 3.63) is 77.2 Å². The topological polar surface area (TPSA) is 59.2 Å². The molecule has 0 spiro atoms. The Labute approximate surface area is 156 Å². The maximum Gasteiger partial charge on any atom is 0.231 e.